The molecule has 21 heavy (non-hydrogen) atoms. The molecule has 0 aliphatic carbocycles. The number of rotatable bonds is 5. The van der Waals surface area contributed by atoms with Gasteiger partial charge in [0.05, 0.1) is 18.7 Å². The lowest BCUT2D eigenvalue weighted by Crippen LogP contribution is -2.06. The number of halogens is 1. The van der Waals surface area contributed by atoms with Crippen LogP contribution in [0.25, 0.3) is 11.3 Å². The zero-order chi connectivity index (χ0) is 15.4. The summed E-state index contributed by atoms with van der Waals surface area (Å²) in [5, 5.41) is 0.526. The van der Waals surface area contributed by atoms with Crippen LogP contribution in [-0.4, -0.2) is 16.7 Å². The fourth-order valence-electron chi connectivity index (χ4n) is 2.22. The van der Waals surface area contributed by atoms with Crippen LogP contribution in [0.15, 0.2) is 18.2 Å². The predicted molar refractivity (Wildman–Crippen MR) is 86.5 cm³/mol. The van der Waals surface area contributed by atoms with Crippen molar-refractivity contribution in [2.24, 2.45) is 0 Å². The molecule has 0 fully saturated rings. The molecular formula is C16H18ClN3O. The fraction of sp³-hybridized carbons (Fsp3) is 0.312. The van der Waals surface area contributed by atoms with Crippen molar-refractivity contribution in [3.8, 4) is 29.4 Å². The average molecular weight is 304 g/mol. The lowest BCUT2D eigenvalue weighted by atomic mass is 10.1. The number of nitrogen functional groups attached to an aromatic ring is 1. The van der Waals surface area contributed by atoms with Gasteiger partial charge in [-0.15, -0.1) is 6.42 Å². The van der Waals surface area contributed by atoms with Crippen molar-refractivity contribution < 1.29 is 4.74 Å². The van der Waals surface area contributed by atoms with Crippen LogP contribution in [-0.2, 0) is 13.0 Å². The van der Waals surface area contributed by atoms with Crippen molar-refractivity contribution in [1.29, 1.82) is 0 Å². The molecule has 2 N–H and O–H groups in total. The predicted octanol–water partition coefficient (Wildman–Crippen LogP) is 3.38. The van der Waals surface area contributed by atoms with E-state index in [1.807, 2.05) is 10.6 Å². The van der Waals surface area contributed by atoms with E-state index < -0.39 is 0 Å². The maximum absolute atomic E-state index is 6.20. The van der Waals surface area contributed by atoms with E-state index in [0.29, 0.717) is 28.8 Å². The molecule has 0 saturated carbocycles. The molecule has 0 aliphatic heterocycles. The number of methoxy groups -OCH3 is 1. The van der Waals surface area contributed by atoms with Crippen molar-refractivity contribution in [3.05, 3.63) is 29.0 Å². The van der Waals surface area contributed by atoms with Crippen molar-refractivity contribution in [2.75, 3.05) is 12.8 Å². The van der Waals surface area contributed by atoms with E-state index in [-0.39, 0.29) is 0 Å². The quantitative estimate of drug-likeness (QED) is 0.862. The minimum atomic E-state index is 0.415. The first-order chi connectivity index (χ1) is 10.1. The Balaban J connectivity index is 2.51. The summed E-state index contributed by atoms with van der Waals surface area (Å²) in [6.45, 7) is 2.51. The molecule has 4 nitrogen and oxygen atoms in total. The second-order valence-corrected chi connectivity index (χ2v) is 5.06. The zero-order valence-electron chi connectivity index (χ0n) is 12.2. The van der Waals surface area contributed by atoms with Gasteiger partial charge in [0, 0.05) is 12.0 Å². The van der Waals surface area contributed by atoms with Gasteiger partial charge in [-0.2, -0.15) is 0 Å². The number of aryl methyl sites for hydroxylation is 1. The van der Waals surface area contributed by atoms with Crippen molar-refractivity contribution >= 4 is 17.4 Å². The number of aromatic nitrogens is 2. The maximum Gasteiger partial charge on any atom is 0.137 e. The zero-order valence-corrected chi connectivity index (χ0v) is 12.9. The van der Waals surface area contributed by atoms with Crippen LogP contribution < -0.4 is 10.5 Å². The summed E-state index contributed by atoms with van der Waals surface area (Å²) in [4.78, 5) is 4.63. The number of benzene rings is 1. The van der Waals surface area contributed by atoms with Crippen LogP contribution in [0.4, 0.5) is 5.82 Å². The summed E-state index contributed by atoms with van der Waals surface area (Å²) in [6, 6.07) is 5.49. The van der Waals surface area contributed by atoms with Crippen molar-refractivity contribution in [2.45, 2.75) is 26.3 Å². The first-order valence-electron chi connectivity index (χ1n) is 6.74. The Morgan fingerprint density at radius 3 is 2.81 bits per heavy atom. The number of ether oxygens (including phenoxy) is 1. The summed E-state index contributed by atoms with van der Waals surface area (Å²) in [5.41, 5.74) is 7.76. The van der Waals surface area contributed by atoms with Crippen LogP contribution in [0.2, 0.25) is 5.02 Å². The number of anilines is 1. The molecule has 2 rings (SSSR count). The molecule has 0 amide bonds. The van der Waals surface area contributed by atoms with Gasteiger partial charge in [-0.25, -0.2) is 4.98 Å². The Kier molecular flexibility index (Phi) is 4.77. The van der Waals surface area contributed by atoms with E-state index >= 15 is 0 Å². The second kappa shape index (κ2) is 6.55. The highest BCUT2D eigenvalue weighted by molar-refractivity contribution is 6.32. The van der Waals surface area contributed by atoms with Gasteiger partial charge in [-0.3, -0.25) is 0 Å². The van der Waals surface area contributed by atoms with Crippen LogP contribution in [0.1, 0.15) is 19.2 Å². The van der Waals surface area contributed by atoms with Crippen LogP contribution in [0.3, 0.4) is 0 Å². The van der Waals surface area contributed by atoms with Gasteiger partial charge in [0.2, 0.25) is 0 Å². The van der Waals surface area contributed by atoms with Crippen LogP contribution in [0, 0.1) is 12.3 Å². The first-order valence-corrected chi connectivity index (χ1v) is 7.12. The van der Waals surface area contributed by atoms with Gasteiger partial charge in [-0.05, 0) is 24.6 Å². The largest absolute Gasteiger partial charge is 0.495 e. The molecule has 1 heterocycles. The highest BCUT2D eigenvalue weighted by Crippen LogP contribution is 2.33. The number of nitrogens with two attached hydrogens (primary N) is 1. The lowest BCUT2D eigenvalue weighted by Gasteiger charge is -2.06. The van der Waals surface area contributed by atoms with Gasteiger partial charge in [0.25, 0.3) is 0 Å². The Morgan fingerprint density at radius 1 is 1.48 bits per heavy atom. The van der Waals surface area contributed by atoms with Gasteiger partial charge in [-0.1, -0.05) is 24.4 Å². The summed E-state index contributed by atoms with van der Waals surface area (Å²) in [7, 11) is 1.58. The van der Waals surface area contributed by atoms with Crippen molar-refractivity contribution in [3.63, 3.8) is 0 Å². The molecule has 2 aromatic rings. The third-order valence-corrected chi connectivity index (χ3v) is 3.53. The Hall–Kier alpha value is -2.12. The monoisotopic (exact) mass is 303 g/mol. The lowest BCUT2D eigenvalue weighted by molar-refractivity contribution is 0.415. The van der Waals surface area contributed by atoms with Gasteiger partial charge >= 0.3 is 0 Å². The SMILES string of the molecule is C#CCn1c(CCC)nc(-c2ccc(OC)c(Cl)c2)c1N. The summed E-state index contributed by atoms with van der Waals surface area (Å²) >= 11 is 6.17. The van der Waals surface area contributed by atoms with E-state index in [0.717, 1.165) is 24.2 Å². The van der Waals surface area contributed by atoms with E-state index in [1.54, 1.807) is 19.2 Å². The normalized spacial score (nSPS) is 10.4. The minimum absolute atomic E-state index is 0.415. The Bertz CT molecular complexity index is 686. The topological polar surface area (TPSA) is 53.1 Å². The fourth-order valence-corrected chi connectivity index (χ4v) is 2.48. The van der Waals surface area contributed by atoms with Gasteiger partial charge in [0.15, 0.2) is 0 Å². The average Bonchev–Trinajstić information content (AvgIpc) is 2.77. The minimum Gasteiger partial charge on any atom is -0.495 e. The third kappa shape index (κ3) is 2.98. The highest BCUT2D eigenvalue weighted by Gasteiger charge is 2.16. The molecule has 1 aromatic heterocycles. The first kappa shape index (κ1) is 15.3. The van der Waals surface area contributed by atoms with E-state index in [2.05, 4.69) is 17.8 Å². The number of hydrogen-bond donors (Lipinski definition) is 1. The number of terminal acetylenes is 1. The summed E-state index contributed by atoms with van der Waals surface area (Å²) < 4.78 is 7.03. The van der Waals surface area contributed by atoms with E-state index in [9.17, 15) is 0 Å². The van der Waals surface area contributed by atoms with E-state index in [4.69, 9.17) is 28.5 Å². The smallest absolute Gasteiger partial charge is 0.137 e. The van der Waals surface area contributed by atoms with Gasteiger partial charge in [0.1, 0.15) is 23.1 Å². The molecule has 5 heteroatoms. The molecule has 0 aliphatic rings. The molecule has 0 bridgehead atoms. The summed E-state index contributed by atoms with van der Waals surface area (Å²) in [5.74, 6) is 4.70. The molecule has 0 spiro atoms. The standard InChI is InChI=1S/C16H18ClN3O/c1-4-6-14-19-15(16(18)20(14)9-5-2)11-7-8-13(21-3)12(17)10-11/h2,7-8,10H,4,6,9,18H2,1,3H3. The molecule has 110 valence electrons. The highest BCUT2D eigenvalue weighted by atomic mass is 35.5. The van der Waals surface area contributed by atoms with Crippen LogP contribution >= 0.6 is 11.6 Å². The Labute approximate surface area is 129 Å². The van der Waals surface area contributed by atoms with Gasteiger partial charge < -0.3 is 15.0 Å². The second-order valence-electron chi connectivity index (χ2n) is 4.65. The number of nitrogens with zero attached hydrogens (tertiary/aromatic N) is 2. The number of imidazole rings is 1. The number of hydrogen-bond acceptors (Lipinski definition) is 3. The molecule has 1 aromatic carbocycles. The van der Waals surface area contributed by atoms with Crippen molar-refractivity contribution in [1.82, 2.24) is 9.55 Å². The molecular weight excluding hydrogens is 286 g/mol. The summed E-state index contributed by atoms with van der Waals surface area (Å²) in [6.07, 6.45) is 7.22. The van der Waals surface area contributed by atoms with E-state index in [1.165, 1.54) is 0 Å². The van der Waals surface area contributed by atoms with Crippen LogP contribution in [0.5, 0.6) is 5.75 Å². The molecule has 0 unspecified atom stereocenters. The molecule has 0 saturated heterocycles. The Morgan fingerprint density at radius 2 is 2.24 bits per heavy atom. The maximum atomic E-state index is 6.20. The third-order valence-electron chi connectivity index (χ3n) is 3.23. The molecule has 0 radical (unpaired) electrons. The molecule has 0 atom stereocenters.